The Labute approximate surface area is 511 Å². The van der Waals surface area contributed by atoms with Crippen LogP contribution in [0.4, 0.5) is 0 Å². The predicted octanol–water partition coefficient (Wildman–Crippen LogP) is 17.9. The van der Waals surface area contributed by atoms with Crippen molar-refractivity contribution in [2.24, 2.45) is 17.8 Å². The standard InChI is InChI=1S/C65H126O17P2/c1-8-10-11-12-22-32-39-46-62(67)75-52-60(82-65(70)49-42-35-28-21-20-25-31-38-45-58(7)9-2)54-79-83(71,72)77-50-59(66)51-78-84(73,74)80-55-61(53-76-63(68)47-40-33-26-19-15-17-24-30-37-44-57(5)6)81-64(69)48-41-34-27-18-14-13-16-23-29-36-43-56(3)4/h56-61,66H,8-55H2,1-7H3,(H,71,72)(H,73,74)/t58?,59-,60+,61+/m0/s1. The lowest BCUT2D eigenvalue weighted by atomic mass is 9.99. The van der Waals surface area contributed by atoms with Crippen molar-refractivity contribution in [1.82, 2.24) is 0 Å². The van der Waals surface area contributed by atoms with Crippen LogP contribution in [-0.4, -0.2) is 96.7 Å². The van der Waals surface area contributed by atoms with E-state index in [1.807, 2.05) is 0 Å². The van der Waals surface area contributed by atoms with Crippen molar-refractivity contribution >= 4 is 39.5 Å². The molecule has 0 aromatic rings. The van der Waals surface area contributed by atoms with Crippen LogP contribution >= 0.6 is 15.6 Å². The Morgan fingerprint density at radius 1 is 0.345 bits per heavy atom. The lowest BCUT2D eigenvalue weighted by molar-refractivity contribution is -0.161. The number of hydrogen-bond donors (Lipinski definition) is 3. The van der Waals surface area contributed by atoms with Gasteiger partial charge in [0, 0.05) is 25.7 Å². The molecule has 17 nitrogen and oxygen atoms in total. The molecule has 0 saturated carbocycles. The summed E-state index contributed by atoms with van der Waals surface area (Å²) >= 11 is 0. The van der Waals surface area contributed by atoms with Gasteiger partial charge in [0.25, 0.3) is 0 Å². The Morgan fingerprint density at radius 2 is 0.607 bits per heavy atom. The number of ether oxygens (including phenoxy) is 4. The first kappa shape index (κ1) is 82.1. The zero-order chi connectivity index (χ0) is 62.4. The molecule has 3 unspecified atom stereocenters. The van der Waals surface area contributed by atoms with Gasteiger partial charge in [-0.25, -0.2) is 9.13 Å². The molecule has 0 aromatic carbocycles. The van der Waals surface area contributed by atoms with Crippen LogP contribution < -0.4 is 0 Å². The summed E-state index contributed by atoms with van der Waals surface area (Å²) in [6.45, 7) is 11.7. The van der Waals surface area contributed by atoms with Gasteiger partial charge in [0.15, 0.2) is 12.2 Å². The van der Waals surface area contributed by atoms with E-state index < -0.39 is 97.5 Å². The Hall–Kier alpha value is -1.94. The molecule has 84 heavy (non-hydrogen) atoms. The minimum absolute atomic E-state index is 0.104. The average molecular weight is 1240 g/mol. The number of aliphatic hydroxyl groups is 1. The van der Waals surface area contributed by atoms with Crippen molar-refractivity contribution in [3.05, 3.63) is 0 Å². The van der Waals surface area contributed by atoms with Gasteiger partial charge in [-0.05, 0) is 43.4 Å². The number of rotatable bonds is 63. The molecular formula is C65H126O17P2. The number of unbranched alkanes of at least 4 members (excludes halogenated alkanes) is 30. The molecule has 0 bridgehead atoms. The minimum Gasteiger partial charge on any atom is -0.462 e. The molecule has 0 aromatic heterocycles. The molecular weight excluding hydrogens is 1110 g/mol. The second kappa shape index (κ2) is 56.3. The first-order chi connectivity index (χ1) is 40.3. The van der Waals surface area contributed by atoms with Crippen LogP contribution in [0.15, 0.2) is 0 Å². The van der Waals surface area contributed by atoms with Crippen LogP contribution in [0.25, 0.3) is 0 Å². The fraction of sp³-hybridized carbons (Fsp3) is 0.938. The largest absolute Gasteiger partial charge is 0.472 e. The molecule has 19 heteroatoms. The van der Waals surface area contributed by atoms with E-state index in [2.05, 4.69) is 48.5 Å². The quantitative estimate of drug-likeness (QED) is 0.0222. The van der Waals surface area contributed by atoms with Crippen LogP contribution in [0.2, 0.25) is 0 Å². The zero-order valence-electron chi connectivity index (χ0n) is 54.4. The number of phosphoric acid groups is 2. The molecule has 6 atom stereocenters. The van der Waals surface area contributed by atoms with Gasteiger partial charge in [-0.15, -0.1) is 0 Å². The van der Waals surface area contributed by atoms with Gasteiger partial charge in [-0.2, -0.15) is 0 Å². The number of aliphatic hydroxyl groups excluding tert-OH is 1. The van der Waals surface area contributed by atoms with Gasteiger partial charge in [0.05, 0.1) is 26.4 Å². The van der Waals surface area contributed by atoms with E-state index in [4.69, 9.17) is 37.0 Å². The van der Waals surface area contributed by atoms with Crippen LogP contribution in [0.1, 0.15) is 318 Å². The summed E-state index contributed by atoms with van der Waals surface area (Å²) in [6, 6.07) is 0. The highest BCUT2D eigenvalue weighted by Gasteiger charge is 2.30. The molecule has 0 radical (unpaired) electrons. The molecule has 0 saturated heterocycles. The maximum atomic E-state index is 13.0. The van der Waals surface area contributed by atoms with Crippen molar-refractivity contribution in [3.63, 3.8) is 0 Å². The lowest BCUT2D eigenvalue weighted by Gasteiger charge is -2.21. The summed E-state index contributed by atoms with van der Waals surface area (Å²) in [6.07, 6.45) is 37.6. The highest BCUT2D eigenvalue weighted by Crippen LogP contribution is 2.45. The maximum Gasteiger partial charge on any atom is 0.472 e. The Balaban J connectivity index is 5.23. The third-order valence-corrected chi connectivity index (χ3v) is 17.1. The number of esters is 4. The highest BCUT2D eigenvalue weighted by atomic mass is 31.2. The van der Waals surface area contributed by atoms with E-state index in [0.29, 0.717) is 25.7 Å². The van der Waals surface area contributed by atoms with E-state index in [1.165, 1.54) is 116 Å². The topological polar surface area (TPSA) is 237 Å². The summed E-state index contributed by atoms with van der Waals surface area (Å²) < 4.78 is 68.0. The molecule has 0 aliphatic rings. The van der Waals surface area contributed by atoms with Crippen molar-refractivity contribution in [2.75, 3.05) is 39.6 Å². The van der Waals surface area contributed by atoms with Crippen LogP contribution in [0, 0.1) is 17.8 Å². The molecule has 0 rings (SSSR count). The Bertz CT molecular complexity index is 1670. The lowest BCUT2D eigenvalue weighted by Crippen LogP contribution is -2.30. The molecule has 0 fully saturated rings. The van der Waals surface area contributed by atoms with Gasteiger partial charge < -0.3 is 33.8 Å². The molecule has 0 spiro atoms. The first-order valence-electron chi connectivity index (χ1n) is 33.9. The normalized spacial score (nSPS) is 14.7. The van der Waals surface area contributed by atoms with Gasteiger partial charge in [-0.3, -0.25) is 37.3 Å². The third-order valence-electron chi connectivity index (χ3n) is 15.2. The van der Waals surface area contributed by atoms with Crippen molar-refractivity contribution < 1.29 is 80.2 Å². The first-order valence-corrected chi connectivity index (χ1v) is 36.9. The van der Waals surface area contributed by atoms with Crippen LogP contribution in [-0.2, 0) is 65.4 Å². The van der Waals surface area contributed by atoms with Crippen LogP contribution in [0.3, 0.4) is 0 Å². The monoisotopic (exact) mass is 1240 g/mol. The molecule has 0 aliphatic carbocycles. The summed E-state index contributed by atoms with van der Waals surface area (Å²) in [5.41, 5.74) is 0. The second-order valence-corrected chi connectivity index (χ2v) is 27.6. The number of carbonyl (C=O) groups excluding carboxylic acids is 4. The van der Waals surface area contributed by atoms with Gasteiger partial charge in [0.1, 0.15) is 19.3 Å². The number of carbonyl (C=O) groups is 4. The number of hydrogen-bond acceptors (Lipinski definition) is 15. The van der Waals surface area contributed by atoms with Crippen LogP contribution in [0.5, 0.6) is 0 Å². The predicted molar refractivity (Wildman–Crippen MR) is 335 cm³/mol. The third kappa shape index (κ3) is 57.8. The minimum atomic E-state index is -4.95. The Kier molecular flexibility index (Phi) is 55.0. The SMILES string of the molecule is CCCCCCCCCC(=O)OC[C@H](COP(=O)(O)OC[C@H](O)COP(=O)(O)OC[C@@H](COC(=O)CCCCCCCCCCCC(C)C)OC(=O)CCCCCCCCCCCCC(C)C)OC(=O)CCCCCCCCCCC(C)CC. The average Bonchev–Trinajstić information content (AvgIpc) is 3.52. The van der Waals surface area contributed by atoms with E-state index in [1.54, 1.807) is 0 Å². The van der Waals surface area contributed by atoms with Crippen molar-refractivity contribution in [1.29, 1.82) is 0 Å². The smallest absolute Gasteiger partial charge is 0.462 e. The van der Waals surface area contributed by atoms with Crippen molar-refractivity contribution in [2.45, 2.75) is 336 Å². The molecule has 3 N–H and O–H groups in total. The fourth-order valence-electron chi connectivity index (χ4n) is 9.62. The fourth-order valence-corrected chi connectivity index (χ4v) is 11.2. The van der Waals surface area contributed by atoms with E-state index in [0.717, 1.165) is 120 Å². The second-order valence-electron chi connectivity index (χ2n) is 24.7. The van der Waals surface area contributed by atoms with E-state index in [9.17, 15) is 43.2 Å². The van der Waals surface area contributed by atoms with E-state index in [-0.39, 0.29) is 25.7 Å². The maximum absolute atomic E-state index is 13.0. The van der Waals surface area contributed by atoms with Gasteiger partial charge in [-0.1, -0.05) is 267 Å². The summed E-state index contributed by atoms with van der Waals surface area (Å²) in [5, 5.41) is 10.5. The van der Waals surface area contributed by atoms with Gasteiger partial charge in [0.2, 0.25) is 0 Å². The van der Waals surface area contributed by atoms with E-state index >= 15 is 0 Å². The van der Waals surface area contributed by atoms with Gasteiger partial charge >= 0.3 is 39.5 Å². The summed E-state index contributed by atoms with van der Waals surface area (Å²) in [4.78, 5) is 72.2. The zero-order valence-corrected chi connectivity index (χ0v) is 56.1. The van der Waals surface area contributed by atoms with Crippen molar-refractivity contribution in [3.8, 4) is 0 Å². The molecule has 0 aliphatic heterocycles. The molecule has 0 heterocycles. The highest BCUT2D eigenvalue weighted by molar-refractivity contribution is 7.47. The molecule has 498 valence electrons. The molecule has 0 amide bonds. The Morgan fingerprint density at radius 3 is 0.905 bits per heavy atom. The summed E-state index contributed by atoms with van der Waals surface area (Å²) in [7, 11) is -9.89. The number of phosphoric ester groups is 2. The summed E-state index contributed by atoms with van der Waals surface area (Å²) in [5.74, 6) is 0.127.